The second-order valence-corrected chi connectivity index (χ2v) is 4.40. The highest BCUT2D eigenvalue weighted by molar-refractivity contribution is 5.02. The van der Waals surface area contributed by atoms with Gasteiger partial charge in [0.1, 0.15) is 5.60 Å². The normalized spacial score (nSPS) is 24.6. The van der Waals surface area contributed by atoms with E-state index >= 15 is 0 Å². The zero-order valence-electron chi connectivity index (χ0n) is 10.1. The third-order valence-corrected chi connectivity index (χ3v) is 3.39. The van der Waals surface area contributed by atoms with E-state index in [9.17, 15) is 0 Å². The largest absolute Gasteiger partial charge is 0.369 e. The molecule has 1 aliphatic heterocycles. The maximum absolute atomic E-state index is 5.43. The molecule has 0 amide bonds. The van der Waals surface area contributed by atoms with Crippen LogP contribution in [0.5, 0.6) is 0 Å². The molecule has 0 spiro atoms. The summed E-state index contributed by atoms with van der Waals surface area (Å²) >= 11 is 0. The molecule has 2 heterocycles. The average Bonchev–Trinajstić information content (AvgIpc) is 2.97. The lowest BCUT2D eigenvalue weighted by molar-refractivity contribution is -0.0272. The monoisotopic (exact) mass is 225 g/mol. The number of ether oxygens (including phenoxy) is 1. The standard InChI is InChI=1S/C11H19N3O2/c1-4-11(2,15-3)10-13-9(14-16-10)8-6-5-7-12-8/h8,12H,4-7H2,1-3H3. The Kier molecular flexibility index (Phi) is 3.25. The summed E-state index contributed by atoms with van der Waals surface area (Å²) in [6.45, 7) is 5.04. The van der Waals surface area contributed by atoms with Crippen molar-refractivity contribution in [2.45, 2.75) is 44.8 Å². The third-order valence-electron chi connectivity index (χ3n) is 3.39. The lowest BCUT2D eigenvalue weighted by Gasteiger charge is -2.21. The summed E-state index contributed by atoms with van der Waals surface area (Å²) in [6, 6.07) is 0.246. The van der Waals surface area contributed by atoms with Crippen LogP contribution in [0.15, 0.2) is 4.52 Å². The van der Waals surface area contributed by atoms with Crippen LogP contribution in [0.1, 0.15) is 50.9 Å². The topological polar surface area (TPSA) is 60.2 Å². The molecule has 0 bridgehead atoms. The maximum atomic E-state index is 5.43. The predicted octanol–water partition coefficient (Wildman–Crippen LogP) is 1.77. The first-order chi connectivity index (χ1) is 7.69. The number of nitrogens with one attached hydrogen (secondary N) is 1. The number of rotatable bonds is 4. The summed E-state index contributed by atoms with van der Waals surface area (Å²) in [7, 11) is 1.67. The average molecular weight is 225 g/mol. The first-order valence-corrected chi connectivity index (χ1v) is 5.82. The molecule has 2 unspecified atom stereocenters. The molecule has 1 aromatic rings. The summed E-state index contributed by atoms with van der Waals surface area (Å²) < 4.78 is 10.7. The van der Waals surface area contributed by atoms with E-state index < -0.39 is 5.60 Å². The van der Waals surface area contributed by atoms with Gasteiger partial charge in [0.2, 0.25) is 0 Å². The van der Waals surface area contributed by atoms with Crippen LogP contribution in [0.25, 0.3) is 0 Å². The van der Waals surface area contributed by atoms with Gasteiger partial charge >= 0.3 is 0 Å². The molecule has 90 valence electrons. The molecule has 5 nitrogen and oxygen atoms in total. The Hall–Kier alpha value is -0.940. The predicted molar refractivity (Wildman–Crippen MR) is 58.9 cm³/mol. The molecule has 1 saturated heterocycles. The lowest BCUT2D eigenvalue weighted by Crippen LogP contribution is -2.24. The van der Waals surface area contributed by atoms with Crippen molar-refractivity contribution in [2.75, 3.05) is 13.7 Å². The first-order valence-electron chi connectivity index (χ1n) is 5.82. The molecule has 0 radical (unpaired) electrons. The van der Waals surface area contributed by atoms with Crippen molar-refractivity contribution in [1.29, 1.82) is 0 Å². The van der Waals surface area contributed by atoms with Gasteiger partial charge in [-0.25, -0.2) is 0 Å². The van der Waals surface area contributed by atoms with Crippen LogP contribution in [-0.2, 0) is 10.3 Å². The van der Waals surface area contributed by atoms with Gasteiger partial charge in [0.05, 0.1) is 6.04 Å². The molecule has 0 aromatic carbocycles. The summed E-state index contributed by atoms with van der Waals surface area (Å²) in [5.41, 5.74) is -0.468. The van der Waals surface area contributed by atoms with Crippen LogP contribution in [0.4, 0.5) is 0 Å². The Balaban J connectivity index is 2.17. The molecule has 1 aliphatic rings. The number of hydrogen-bond donors (Lipinski definition) is 1. The van der Waals surface area contributed by atoms with Gasteiger partial charge in [-0.2, -0.15) is 4.98 Å². The minimum Gasteiger partial charge on any atom is -0.369 e. The van der Waals surface area contributed by atoms with Crippen LogP contribution in [0, 0.1) is 0 Å². The van der Waals surface area contributed by atoms with Crippen molar-refractivity contribution in [3.63, 3.8) is 0 Å². The number of aromatic nitrogens is 2. The smallest absolute Gasteiger partial charge is 0.258 e. The van der Waals surface area contributed by atoms with Crippen LogP contribution < -0.4 is 5.32 Å². The van der Waals surface area contributed by atoms with Crippen molar-refractivity contribution < 1.29 is 9.26 Å². The summed E-state index contributed by atoms with van der Waals surface area (Å²) in [4.78, 5) is 4.44. The highest BCUT2D eigenvalue weighted by Crippen LogP contribution is 2.28. The molecule has 16 heavy (non-hydrogen) atoms. The van der Waals surface area contributed by atoms with Gasteiger partial charge in [-0.3, -0.25) is 0 Å². The lowest BCUT2D eigenvalue weighted by atomic mass is 10.0. The second-order valence-electron chi connectivity index (χ2n) is 4.40. The van der Waals surface area contributed by atoms with E-state index in [2.05, 4.69) is 15.5 Å². The molecule has 1 fully saturated rings. The van der Waals surface area contributed by atoms with Crippen LogP contribution >= 0.6 is 0 Å². The highest BCUT2D eigenvalue weighted by Gasteiger charge is 2.32. The number of methoxy groups -OCH3 is 1. The van der Waals surface area contributed by atoms with E-state index in [0.29, 0.717) is 5.89 Å². The summed E-state index contributed by atoms with van der Waals surface area (Å²) in [5.74, 6) is 1.32. The Labute approximate surface area is 95.6 Å². The van der Waals surface area contributed by atoms with Gasteiger partial charge in [0.15, 0.2) is 5.82 Å². The SMILES string of the molecule is CCC(C)(OC)c1nc(C2CCCN2)no1. The van der Waals surface area contributed by atoms with Crippen LogP contribution in [-0.4, -0.2) is 23.8 Å². The van der Waals surface area contributed by atoms with Crippen molar-refractivity contribution in [1.82, 2.24) is 15.5 Å². The first kappa shape index (κ1) is 11.5. The zero-order valence-corrected chi connectivity index (χ0v) is 10.1. The fourth-order valence-electron chi connectivity index (χ4n) is 1.88. The fraction of sp³-hybridized carbons (Fsp3) is 0.818. The number of hydrogen-bond acceptors (Lipinski definition) is 5. The molecular formula is C11H19N3O2. The van der Waals surface area contributed by atoms with Gasteiger partial charge < -0.3 is 14.6 Å². The fourth-order valence-corrected chi connectivity index (χ4v) is 1.88. The maximum Gasteiger partial charge on any atom is 0.258 e. The Morgan fingerprint density at radius 3 is 3.00 bits per heavy atom. The van der Waals surface area contributed by atoms with Crippen molar-refractivity contribution in [3.05, 3.63) is 11.7 Å². The number of nitrogens with zero attached hydrogens (tertiary/aromatic N) is 2. The van der Waals surface area contributed by atoms with Gasteiger partial charge in [-0.1, -0.05) is 12.1 Å². The van der Waals surface area contributed by atoms with E-state index in [1.54, 1.807) is 7.11 Å². The molecule has 1 aromatic heterocycles. The van der Waals surface area contributed by atoms with E-state index in [0.717, 1.165) is 25.2 Å². The van der Waals surface area contributed by atoms with Crippen molar-refractivity contribution >= 4 is 0 Å². The summed E-state index contributed by atoms with van der Waals surface area (Å²) in [5, 5.41) is 7.38. The van der Waals surface area contributed by atoms with E-state index in [4.69, 9.17) is 9.26 Å². The molecular weight excluding hydrogens is 206 g/mol. The molecule has 5 heteroatoms. The molecule has 0 saturated carbocycles. The Morgan fingerprint density at radius 2 is 2.44 bits per heavy atom. The van der Waals surface area contributed by atoms with Crippen LogP contribution in [0.3, 0.4) is 0 Å². The molecule has 0 aliphatic carbocycles. The molecule has 2 rings (SSSR count). The van der Waals surface area contributed by atoms with E-state index in [1.165, 1.54) is 6.42 Å². The Morgan fingerprint density at radius 1 is 1.62 bits per heavy atom. The van der Waals surface area contributed by atoms with Gasteiger partial charge in [-0.05, 0) is 32.7 Å². The summed E-state index contributed by atoms with van der Waals surface area (Å²) in [6.07, 6.45) is 3.06. The van der Waals surface area contributed by atoms with Crippen molar-refractivity contribution in [2.24, 2.45) is 0 Å². The quantitative estimate of drug-likeness (QED) is 0.846. The van der Waals surface area contributed by atoms with Gasteiger partial charge in [0.25, 0.3) is 5.89 Å². The van der Waals surface area contributed by atoms with Crippen LogP contribution in [0.2, 0.25) is 0 Å². The van der Waals surface area contributed by atoms with E-state index in [-0.39, 0.29) is 6.04 Å². The third kappa shape index (κ3) is 1.97. The molecule has 1 N–H and O–H groups in total. The Bertz CT molecular complexity index is 341. The minimum atomic E-state index is -0.468. The van der Waals surface area contributed by atoms with Crippen molar-refractivity contribution in [3.8, 4) is 0 Å². The van der Waals surface area contributed by atoms with E-state index in [1.807, 2.05) is 13.8 Å². The molecule has 2 atom stereocenters. The minimum absolute atomic E-state index is 0.246. The second kappa shape index (κ2) is 4.51. The zero-order chi connectivity index (χ0) is 11.6. The van der Waals surface area contributed by atoms with Gasteiger partial charge in [0, 0.05) is 7.11 Å². The highest BCUT2D eigenvalue weighted by atomic mass is 16.5. The van der Waals surface area contributed by atoms with Gasteiger partial charge in [-0.15, -0.1) is 0 Å².